The van der Waals surface area contributed by atoms with Crippen LogP contribution in [0, 0.1) is 0 Å². The van der Waals surface area contributed by atoms with Gasteiger partial charge in [0.15, 0.2) is 17.5 Å². The van der Waals surface area contributed by atoms with Crippen molar-refractivity contribution in [3.8, 4) is 67.9 Å². The Balaban J connectivity index is 1.07. The molecule has 3 heterocycles. The van der Waals surface area contributed by atoms with Crippen LogP contribution in [0.2, 0.25) is 0 Å². The zero-order valence-electron chi connectivity index (χ0n) is 32.7. The van der Waals surface area contributed by atoms with Crippen LogP contribution in [0.5, 0.6) is 11.5 Å². The van der Waals surface area contributed by atoms with Gasteiger partial charge >= 0.3 is 0 Å². The van der Waals surface area contributed by atoms with Crippen LogP contribution in [-0.4, -0.2) is 15.0 Å². The molecule has 0 spiro atoms. The first-order valence-electron chi connectivity index (χ1n) is 20.3. The first kappa shape index (κ1) is 34.7. The molecule has 1 aliphatic heterocycles. The van der Waals surface area contributed by atoms with Gasteiger partial charge in [0.1, 0.15) is 22.7 Å². The van der Waals surface area contributed by atoms with Crippen LogP contribution < -0.4 is 9.64 Å². The van der Waals surface area contributed by atoms with Crippen molar-refractivity contribution in [1.82, 2.24) is 15.0 Å². The summed E-state index contributed by atoms with van der Waals surface area (Å²) >= 11 is 0. The van der Waals surface area contributed by atoms with E-state index in [1.54, 1.807) is 0 Å². The molecular formula is C55H34N4O2. The highest BCUT2D eigenvalue weighted by Gasteiger charge is 2.28. The SMILES string of the molecule is c1ccc(-c2cccc(N(c3ccc4c(c3)oc3ccccc34)c3cccc4c3-c3cccc5c(-c6nc(-c7ccccc7)nc(-c7ccccc7)n6)ccc(c35)O4)c2)cc1. The van der Waals surface area contributed by atoms with Crippen LogP contribution in [-0.2, 0) is 0 Å². The molecule has 0 unspecified atom stereocenters. The van der Waals surface area contributed by atoms with Gasteiger partial charge in [0.2, 0.25) is 0 Å². The Hall–Kier alpha value is -8.35. The van der Waals surface area contributed by atoms with Gasteiger partial charge in [0, 0.05) is 55.9 Å². The summed E-state index contributed by atoms with van der Waals surface area (Å²) in [7, 11) is 0. The van der Waals surface area contributed by atoms with Gasteiger partial charge in [-0.15, -0.1) is 0 Å². The summed E-state index contributed by atoms with van der Waals surface area (Å²) in [5.74, 6) is 3.37. The van der Waals surface area contributed by atoms with Crippen molar-refractivity contribution < 1.29 is 9.15 Å². The average molecular weight is 783 g/mol. The Bertz CT molecular complexity index is 3400. The summed E-state index contributed by atoms with van der Waals surface area (Å²) < 4.78 is 13.4. The van der Waals surface area contributed by atoms with Gasteiger partial charge in [-0.25, -0.2) is 15.0 Å². The van der Waals surface area contributed by atoms with Crippen molar-refractivity contribution >= 4 is 49.8 Å². The normalized spacial score (nSPS) is 11.7. The maximum Gasteiger partial charge on any atom is 0.164 e. The van der Waals surface area contributed by atoms with E-state index in [2.05, 4.69) is 126 Å². The second kappa shape index (κ2) is 14.2. The van der Waals surface area contributed by atoms with Crippen molar-refractivity contribution in [3.05, 3.63) is 206 Å². The number of hydrogen-bond acceptors (Lipinski definition) is 6. The van der Waals surface area contributed by atoms with Gasteiger partial charge in [-0.1, -0.05) is 146 Å². The molecule has 0 atom stereocenters. The minimum Gasteiger partial charge on any atom is -0.456 e. The van der Waals surface area contributed by atoms with E-state index in [4.69, 9.17) is 24.1 Å². The highest BCUT2D eigenvalue weighted by molar-refractivity contribution is 6.12. The molecule has 0 amide bonds. The fourth-order valence-electron chi connectivity index (χ4n) is 8.71. The minimum atomic E-state index is 0.592. The maximum absolute atomic E-state index is 6.89. The summed E-state index contributed by atoms with van der Waals surface area (Å²) in [6.07, 6.45) is 0. The molecule has 11 aromatic rings. The lowest BCUT2D eigenvalue weighted by molar-refractivity contribution is 0.487. The lowest BCUT2D eigenvalue weighted by Crippen LogP contribution is -2.12. The number of benzene rings is 9. The zero-order chi connectivity index (χ0) is 40.3. The fraction of sp³-hybridized carbons (Fsp3) is 0. The Morgan fingerprint density at radius 3 is 1.74 bits per heavy atom. The van der Waals surface area contributed by atoms with Crippen LogP contribution in [0.1, 0.15) is 0 Å². The summed E-state index contributed by atoms with van der Waals surface area (Å²) in [5.41, 5.74) is 11.7. The molecule has 0 aliphatic carbocycles. The molecule has 9 aromatic carbocycles. The van der Waals surface area contributed by atoms with E-state index in [1.807, 2.05) is 84.9 Å². The lowest BCUT2D eigenvalue weighted by Gasteiger charge is -2.31. The number of aromatic nitrogens is 3. The third kappa shape index (κ3) is 5.92. The monoisotopic (exact) mass is 782 g/mol. The highest BCUT2D eigenvalue weighted by atomic mass is 16.5. The molecule has 12 rings (SSSR count). The predicted octanol–water partition coefficient (Wildman–Crippen LogP) is 14.8. The second-order valence-electron chi connectivity index (χ2n) is 15.2. The van der Waals surface area contributed by atoms with Crippen molar-refractivity contribution in [3.63, 3.8) is 0 Å². The summed E-state index contributed by atoms with van der Waals surface area (Å²) in [6, 6.07) is 70.9. The second-order valence-corrected chi connectivity index (χ2v) is 15.2. The van der Waals surface area contributed by atoms with Crippen molar-refractivity contribution in [2.24, 2.45) is 0 Å². The van der Waals surface area contributed by atoms with Crippen molar-refractivity contribution in [1.29, 1.82) is 0 Å². The van der Waals surface area contributed by atoms with Gasteiger partial charge < -0.3 is 14.1 Å². The molecule has 0 bridgehead atoms. The predicted molar refractivity (Wildman–Crippen MR) is 247 cm³/mol. The highest BCUT2D eigenvalue weighted by Crippen LogP contribution is 2.54. The molecule has 6 heteroatoms. The first-order chi connectivity index (χ1) is 30.2. The van der Waals surface area contributed by atoms with Gasteiger partial charge in [-0.05, 0) is 76.7 Å². The quantitative estimate of drug-likeness (QED) is 0.160. The van der Waals surface area contributed by atoms with Crippen molar-refractivity contribution in [2.45, 2.75) is 0 Å². The number of anilines is 3. The number of fused-ring (bicyclic) bond motifs is 5. The molecule has 0 fully saturated rings. The summed E-state index contributed by atoms with van der Waals surface area (Å²) in [6.45, 7) is 0. The number of para-hydroxylation sites is 1. The smallest absolute Gasteiger partial charge is 0.164 e. The Labute approximate surface area is 351 Å². The van der Waals surface area contributed by atoms with Gasteiger partial charge in [0.25, 0.3) is 0 Å². The molecule has 6 nitrogen and oxygen atoms in total. The van der Waals surface area contributed by atoms with Gasteiger partial charge in [-0.2, -0.15) is 0 Å². The molecular weight excluding hydrogens is 749 g/mol. The van der Waals surface area contributed by atoms with E-state index in [1.165, 1.54) is 0 Å². The van der Waals surface area contributed by atoms with E-state index in [0.717, 1.165) is 100 Å². The number of rotatable bonds is 7. The number of hydrogen-bond donors (Lipinski definition) is 0. The van der Waals surface area contributed by atoms with Crippen LogP contribution in [0.25, 0.3) is 89.1 Å². The maximum atomic E-state index is 6.89. The average Bonchev–Trinajstić information content (AvgIpc) is 3.71. The number of furan rings is 1. The zero-order valence-corrected chi connectivity index (χ0v) is 32.7. The number of nitrogens with zero attached hydrogens (tertiary/aromatic N) is 4. The largest absolute Gasteiger partial charge is 0.456 e. The van der Waals surface area contributed by atoms with E-state index in [-0.39, 0.29) is 0 Å². The Kier molecular flexibility index (Phi) is 8.06. The molecule has 2 aromatic heterocycles. The van der Waals surface area contributed by atoms with E-state index < -0.39 is 0 Å². The summed E-state index contributed by atoms with van der Waals surface area (Å²) in [5, 5.41) is 4.15. The van der Waals surface area contributed by atoms with Gasteiger partial charge in [-0.3, -0.25) is 0 Å². The fourth-order valence-corrected chi connectivity index (χ4v) is 8.71. The van der Waals surface area contributed by atoms with Crippen LogP contribution in [0.4, 0.5) is 17.1 Å². The molecule has 0 radical (unpaired) electrons. The van der Waals surface area contributed by atoms with Gasteiger partial charge in [0.05, 0.1) is 5.69 Å². The molecule has 1 aliphatic rings. The van der Waals surface area contributed by atoms with Crippen LogP contribution in [0.3, 0.4) is 0 Å². The molecule has 61 heavy (non-hydrogen) atoms. The Morgan fingerprint density at radius 2 is 0.967 bits per heavy atom. The van der Waals surface area contributed by atoms with E-state index in [9.17, 15) is 0 Å². The Morgan fingerprint density at radius 1 is 0.361 bits per heavy atom. The molecule has 286 valence electrons. The third-order valence-corrected chi connectivity index (χ3v) is 11.5. The van der Waals surface area contributed by atoms with E-state index in [0.29, 0.717) is 17.5 Å². The standard InChI is InChI=1S/C55H34N4O2/c1-4-15-35(16-5-1)38-21-12-22-39(33-38)59(40-29-30-42-41-23-10-11-27-47(41)60-50(42)34-40)46-26-14-28-48-52(46)45-25-13-24-43-44(31-32-49(61-48)51(43)45)55-57-53(36-17-6-2-7-18-36)56-54(58-55)37-19-8-3-9-20-37/h1-34H. The lowest BCUT2D eigenvalue weighted by atomic mass is 9.90. The van der Waals surface area contributed by atoms with E-state index >= 15 is 0 Å². The third-order valence-electron chi connectivity index (χ3n) is 11.5. The summed E-state index contributed by atoms with van der Waals surface area (Å²) in [4.78, 5) is 17.5. The van der Waals surface area contributed by atoms with Crippen molar-refractivity contribution in [2.75, 3.05) is 4.90 Å². The van der Waals surface area contributed by atoms with Crippen LogP contribution >= 0.6 is 0 Å². The minimum absolute atomic E-state index is 0.592. The van der Waals surface area contributed by atoms with Crippen LogP contribution in [0.15, 0.2) is 211 Å². The first-order valence-corrected chi connectivity index (χ1v) is 20.3. The molecule has 0 saturated heterocycles. The topological polar surface area (TPSA) is 64.3 Å². The molecule has 0 saturated carbocycles. The number of ether oxygens (including phenoxy) is 1. The molecule has 0 N–H and O–H groups in total.